The number of hydrogen-bond donors (Lipinski definition) is 2. The monoisotopic (exact) mass is 274 g/mol. The van der Waals surface area contributed by atoms with Crippen LogP contribution in [0.5, 0.6) is 11.5 Å². The van der Waals surface area contributed by atoms with Gasteiger partial charge in [0.05, 0.1) is 5.56 Å². The Labute approximate surface area is 116 Å². The first-order valence-electron chi connectivity index (χ1n) is 6.10. The predicted octanol–water partition coefficient (Wildman–Crippen LogP) is 2.74. The van der Waals surface area contributed by atoms with Crippen molar-refractivity contribution in [1.82, 2.24) is 0 Å². The largest absolute Gasteiger partial charge is 0.453 e. The van der Waals surface area contributed by atoms with E-state index in [1.807, 2.05) is 0 Å². The van der Waals surface area contributed by atoms with E-state index in [1.54, 1.807) is 31.2 Å². The van der Waals surface area contributed by atoms with Gasteiger partial charge in [-0.3, -0.25) is 4.79 Å². The lowest BCUT2D eigenvalue weighted by Crippen LogP contribution is -2.12. The molecule has 0 unspecified atom stereocenters. The van der Waals surface area contributed by atoms with Gasteiger partial charge in [-0.1, -0.05) is 18.2 Å². The van der Waals surface area contributed by atoms with Crippen LogP contribution in [0.1, 0.15) is 28.9 Å². The third-order valence-electron chi connectivity index (χ3n) is 2.85. The molecular formula is C15H15FN2O2. The number of halogens is 1. The van der Waals surface area contributed by atoms with Crippen LogP contribution in [0, 0.1) is 5.82 Å². The fraction of sp³-hybridized carbons (Fsp3) is 0.133. The van der Waals surface area contributed by atoms with Crippen LogP contribution in [0.25, 0.3) is 0 Å². The first kappa shape index (κ1) is 14.0. The van der Waals surface area contributed by atoms with Gasteiger partial charge in [-0.25, -0.2) is 4.39 Å². The standard InChI is InChI=1S/C15H15FN2O2/c1-9(17)10-6-7-14(12(16)8-10)20-13-5-3-2-4-11(13)15(18)19/h2-9H,17H2,1H3,(H2,18,19)/t9-/m1/s1. The number of primary amides is 1. The highest BCUT2D eigenvalue weighted by Crippen LogP contribution is 2.28. The summed E-state index contributed by atoms with van der Waals surface area (Å²) in [5.41, 5.74) is 11.8. The van der Waals surface area contributed by atoms with Crippen molar-refractivity contribution in [2.75, 3.05) is 0 Å². The van der Waals surface area contributed by atoms with Gasteiger partial charge in [-0.15, -0.1) is 0 Å². The molecule has 0 heterocycles. The van der Waals surface area contributed by atoms with Crippen molar-refractivity contribution in [2.45, 2.75) is 13.0 Å². The molecule has 0 aliphatic rings. The Hall–Kier alpha value is -2.40. The fourth-order valence-corrected chi connectivity index (χ4v) is 1.76. The maximum atomic E-state index is 13.9. The van der Waals surface area contributed by atoms with Crippen molar-refractivity contribution >= 4 is 5.91 Å². The summed E-state index contributed by atoms with van der Waals surface area (Å²) in [7, 11) is 0. The molecule has 1 amide bonds. The van der Waals surface area contributed by atoms with Gasteiger partial charge in [0.25, 0.3) is 5.91 Å². The second-order valence-corrected chi connectivity index (χ2v) is 4.44. The smallest absolute Gasteiger partial charge is 0.252 e. The topological polar surface area (TPSA) is 78.3 Å². The second-order valence-electron chi connectivity index (χ2n) is 4.44. The number of amides is 1. The normalized spacial score (nSPS) is 11.9. The van der Waals surface area contributed by atoms with E-state index in [0.29, 0.717) is 5.56 Å². The second kappa shape index (κ2) is 5.71. The fourth-order valence-electron chi connectivity index (χ4n) is 1.76. The summed E-state index contributed by atoms with van der Waals surface area (Å²) < 4.78 is 19.4. The van der Waals surface area contributed by atoms with Crippen LogP contribution in [0.3, 0.4) is 0 Å². The van der Waals surface area contributed by atoms with Crippen LogP contribution >= 0.6 is 0 Å². The summed E-state index contributed by atoms with van der Waals surface area (Å²) in [5.74, 6) is -0.942. The highest BCUT2D eigenvalue weighted by Gasteiger charge is 2.12. The molecule has 0 saturated heterocycles. The Kier molecular flexibility index (Phi) is 4.00. The minimum absolute atomic E-state index is 0.0168. The Morgan fingerprint density at radius 1 is 1.20 bits per heavy atom. The van der Waals surface area contributed by atoms with E-state index < -0.39 is 11.7 Å². The summed E-state index contributed by atoms with van der Waals surface area (Å²) >= 11 is 0. The first-order chi connectivity index (χ1) is 9.49. The van der Waals surface area contributed by atoms with Gasteiger partial charge in [-0.05, 0) is 36.8 Å². The molecule has 0 bridgehead atoms. The van der Waals surface area contributed by atoms with Gasteiger partial charge in [0.2, 0.25) is 0 Å². The van der Waals surface area contributed by atoms with Gasteiger partial charge in [0.15, 0.2) is 11.6 Å². The number of rotatable bonds is 4. The molecule has 20 heavy (non-hydrogen) atoms. The van der Waals surface area contributed by atoms with Gasteiger partial charge in [-0.2, -0.15) is 0 Å². The molecule has 0 aliphatic carbocycles. The van der Waals surface area contributed by atoms with E-state index in [9.17, 15) is 9.18 Å². The molecule has 2 aromatic carbocycles. The van der Waals surface area contributed by atoms with Gasteiger partial charge >= 0.3 is 0 Å². The molecule has 4 N–H and O–H groups in total. The zero-order chi connectivity index (χ0) is 14.7. The van der Waals surface area contributed by atoms with Gasteiger partial charge in [0.1, 0.15) is 5.75 Å². The Morgan fingerprint density at radius 2 is 1.90 bits per heavy atom. The number of nitrogens with two attached hydrogens (primary N) is 2. The van der Waals surface area contributed by atoms with Gasteiger partial charge in [0, 0.05) is 6.04 Å². The lowest BCUT2D eigenvalue weighted by molar-refractivity contribution is 0.0998. The molecule has 4 nitrogen and oxygen atoms in total. The van der Waals surface area contributed by atoms with E-state index in [1.165, 1.54) is 18.2 Å². The van der Waals surface area contributed by atoms with E-state index in [4.69, 9.17) is 16.2 Å². The number of para-hydroxylation sites is 1. The Balaban J connectivity index is 2.33. The number of benzene rings is 2. The van der Waals surface area contributed by atoms with Gasteiger partial charge < -0.3 is 16.2 Å². The molecule has 0 fully saturated rings. The Morgan fingerprint density at radius 3 is 2.50 bits per heavy atom. The molecule has 0 aliphatic heterocycles. The maximum Gasteiger partial charge on any atom is 0.252 e. The summed E-state index contributed by atoms with van der Waals surface area (Å²) in [4.78, 5) is 11.3. The van der Waals surface area contributed by atoms with Crippen molar-refractivity contribution < 1.29 is 13.9 Å². The van der Waals surface area contributed by atoms with Crippen LogP contribution in [0.2, 0.25) is 0 Å². The van der Waals surface area contributed by atoms with E-state index in [-0.39, 0.29) is 23.1 Å². The zero-order valence-corrected chi connectivity index (χ0v) is 11.0. The maximum absolute atomic E-state index is 13.9. The van der Waals surface area contributed by atoms with Crippen molar-refractivity contribution in [3.05, 3.63) is 59.4 Å². The van der Waals surface area contributed by atoms with Crippen LogP contribution in [-0.4, -0.2) is 5.91 Å². The van der Waals surface area contributed by atoms with Crippen molar-refractivity contribution in [2.24, 2.45) is 11.5 Å². The summed E-state index contributed by atoms with van der Waals surface area (Å²) in [6.45, 7) is 1.76. The van der Waals surface area contributed by atoms with E-state index in [2.05, 4.69) is 0 Å². The molecule has 2 rings (SSSR count). The zero-order valence-electron chi connectivity index (χ0n) is 11.0. The highest BCUT2D eigenvalue weighted by molar-refractivity contribution is 5.95. The summed E-state index contributed by atoms with van der Waals surface area (Å²) in [6.07, 6.45) is 0. The van der Waals surface area contributed by atoms with Crippen LogP contribution in [0.4, 0.5) is 4.39 Å². The SMILES string of the molecule is C[C@@H](N)c1ccc(Oc2ccccc2C(N)=O)c(F)c1. The molecule has 2 aromatic rings. The molecule has 5 heteroatoms. The number of hydrogen-bond acceptors (Lipinski definition) is 3. The highest BCUT2D eigenvalue weighted by atomic mass is 19.1. The molecule has 0 aromatic heterocycles. The first-order valence-corrected chi connectivity index (χ1v) is 6.10. The molecule has 0 radical (unpaired) electrons. The number of ether oxygens (including phenoxy) is 1. The lowest BCUT2D eigenvalue weighted by Gasteiger charge is -2.11. The van der Waals surface area contributed by atoms with Crippen LogP contribution < -0.4 is 16.2 Å². The predicted molar refractivity (Wildman–Crippen MR) is 74.0 cm³/mol. The lowest BCUT2D eigenvalue weighted by atomic mass is 10.1. The quantitative estimate of drug-likeness (QED) is 0.899. The van der Waals surface area contributed by atoms with Crippen molar-refractivity contribution in [3.63, 3.8) is 0 Å². The third kappa shape index (κ3) is 2.95. The van der Waals surface area contributed by atoms with Crippen molar-refractivity contribution in [3.8, 4) is 11.5 Å². The van der Waals surface area contributed by atoms with Crippen LogP contribution in [0.15, 0.2) is 42.5 Å². The average Bonchev–Trinajstić information content (AvgIpc) is 2.41. The number of carbonyl (C=O) groups excluding carboxylic acids is 1. The molecule has 1 atom stereocenters. The van der Waals surface area contributed by atoms with Crippen molar-refractivity contribution in [1.29, 1.82) is 0 Å². The number of carbonyl (C=O) groups is 1. The summed E-state index contributed by atoms with van der Waals surface area (Å²) in [6, 6.07) is 10.6. The minimum Gasteiger partial charge on any atom is -0.453 e. The molecule has 0 saturated carbocycles. The Bertz CT molecular complexity index is 642. The van der Waals surface area contributed by atoms with E-state index >= 15 is 0 Å². The minimum atomic E-state index is -0.631. The molecule has 0 spiro atoms. The average molecular weight is 274 g/mol. The molecular weight excluding hydrogens is 259 g/mol. The molecule has 104 valence electrons. The third-order valence-corrected chi connectivity index (χ3v) is 2.85. The van der Waals surface area contributed by atoms with E-state index in [0.717, 1.165) is 0 Å². The van der Waals surface area contributed by atoms with Crippen LogP contribution in [-0.2, 0) is 0 Å². The summed E-state index contributed by atoms with van der Waals surface area (Å²) in [5, 5.41) is 0.